The molecule has 0 amide bonds. The lowest BCUT2D eigenvalue weighted by Crippen LogP contribution is -2.51. The Labute approximate surface area is 118 Å². The van der Waals surface area contributed by atoms with E-state index in [1.54, 1.807) is 0 Å². The van der Waals surface area contributed by atoms with Gasteiger partial charge in [-0.05, 0) is 45.8 Å². The van der Waals surface area contributed by atoms with Gasteiger partial charge in [0.25, 0.3) is 0 Å². The predicted molar refractivity (Wildman–Crippen MR) is 79.4 cm³/mol. The van der Waals surface area contributed by atoms with Gasteiger partial charge >= 0.3 is 0 Å². The minimum Gasteiger partial charge on any atom is -0.395 e. The molecule has 112 valence electrons. The first-order valence-electron chi connectivity index (χ1n) is 8.02. The fourth-order valence-corrected chi connectivity index (χ4v) is 3.53. The smallest absolute Gasteiger partial charge is 0.0586 e. The average molecular weight is 269 g/mol. The second kappa shape index (κ2) is 7.58. The summed E-state index contributed by atoms with van der Waals surface area (Å²) in [4.78, 5) is 7.58. The molecule has 0 aromatic heterocycles. The minimum absolute atomic E-state index is 0.309. The van der Waals surface area contributed by atoms with Crippen molar-refractivity contribution in [1.29, 1.82) is 0 Å². The van der Waals surface area contributed by atoms with Gasteiger partial charge in [0.1, 0.15) is 0 Å². The van der Waals surface area contributed by atoms with Crippen molar-refractivity contribution in [2.24, 2.45) is 0 Å². The average Bonchev–Trinajstić information content (AvgIpc) is 2.85. The van der Waals surface area contributed by atoms with E-state index in [1.807, 2.05) is 0 Å². The zero-order valence-electron chi connectivity index (χ0n) is 12.7. The van der Waals surface area contributed by atoms with E-state index in [4.69, 9.17) is 0 Å². The molecule has 4 heteroatoms. The summed E-state index contributed by atoms with van der Waals surface area (Å²) >= 11 is 0. The van der Waals surface area contributed by atoms with Gasteiger partial charge in [-0.2, -0.15) is 0 Å². The molecule has 0 aliphatic carbocycles. The number of rotatable bonds is 6. The SMILES string of the molecule is CCC(CO)N1CCN(CCC2CCCN2C)CC1. The van der Waals surface area contributed by atoms with Crippen molar-refractivity contribution in [3.8, 4) is 0 Å². The van der Waals surface area contributed by atoms with Gasteiger partial charge in [-0.3, -0.25) is 4.90 Å². The van der Waals surface area contributed by atoms with Crippen LogP contribution < -0.4 is 0 Å². The van der Waals surface area contributed by atoms with Crippen molar-refractivity contribution in [1.82, 2.24) is 14.7 Å². The molecule has 2 heterocycles. The summed E-state index contributed by atoms with van der Waals surface area (Å²) < 4.78 is 0. The van der Waals surface area contributed by atoms with Gasteiger partial charge in [-0.15, -0.1) is 0 Å². The number of aliphatic hydroxyl groups excluding tert-OH is 1. The standard InChI is InChI=1S/C15H31N3O/c1-3-14(13-19)18-11-9-17(10-12-18)8-6-15-5-4-7-16(15)2/h14-15,19H,3-13H2,1-2H3. The van der Waals surface area contributed by atoms with Crippen LogP contribution in [0.2, 0.25) is 0 Å². The molecule has 2 saturated heterocycles. The number of nitrogens with zero attached hydrogens (tertiary/aromatic N) is 3. The molecule has 0 aromatic carbocycles. The maximum Gasteiger partial charge on any atom is 0.0586 e. The molecule has 1 N–H and O–H groups in total. The van der Waals surface area contributed by atoms with Crippen LogP contribution in [0.3, 0.4) is 0 Å². The van der Waals surface area contributed by atoms with E-state index in [9.17, 15) is 5.11 Å². The summed E-state index contributed by atoms with van der Waals surface area (Å²) in [6, 6.07) is 1.20. The highest BCUT2D eigenvalue weighted by atomic mass is 16.3. The molecule has 0 aromatic rings. The van der Waals surface area contributed by atoms with E-state index < -0.39 is 0 Å². The zero-order valence-corrected chi connectivity index (χ0v) is 12.7. The Morgan fingerprint density at radius 2 is 1.89 bits per heavy atom. The first-order chi connectivity index (χ1) is 9.24. The fraction of sp³-hybridized carbons (Fsp3) is 1.00. The predicted octanol–water partition coefficient (Wildman–Crippen LogP) is 0.859. The highest BCUT2D eigenvalue weighted by Crippen LogP contribution is 2.18. The third kappa shape index (κ3) is 4.15. The van der Waals surface area contributed by atoms with Gasteiger partial charge < -0.3 is 14.9 Å². The normalized spacial score (nSPS) is 28.9. The molecule has 2 aliphatic rings. The van der Waals surface area contributed by atoms with Crippen LogP contribution in [-0.4, -0.2) is 84.8 Å². The van der Waals surface area contributed by atoms with Crippen molar-refractivity contribution in [3.05, 3.63) is 0 Å². The number of hydrogen-bond acceptors (Lipinski definition) is 4. The Morgan fingerprint density at radius 3 is 2.42 bits per heavy atom. The fourth-order valence-electron chi connectivity index (χ4n) is 3.53. The van der Waals surface area contributed by atoms with E-state index in [-0.39, 0.29) is 0 Å². The second-order valence-corrected chi connectivity index (χ2v) is 6.19. The van der Waals surface area contributed by atoms with Gasteiger partial charge in [0.15, 0.2) is 0 Å². The summed E-state index contributed by atoms with van der Waals surface area (Å²) in [5, 5.41) is 9.36. The molecule has 0 spiro atoms. The molecule has 4 nitrogen and oxygen atoms in total. The molecular weight excluding hydrogens is 238 g/mol. The highest BCUT2D eigenvalue weighted by molar-refractivity contribution is 4.81. The van der Waals surface area contributed by atoms with Crippen LogP contribution in [0.1, 0.15) is 32.6 Å². The topological polar surface area (TPSA) is 30.0 Å². The largest absolute Gasteiger partial charge is 0.395 e. The van der Waals surface area contributed by atoms with Gasteiger partial charge in [-0.25, -0.2) is 0 Å². The second-order valence-electron chi connectivity index (χ2n) is 6.19. The van der Waals surface area contributed by atoms with E-state index in [2.05, 4.69) is 28.7 Å². The molecule has 0 saturated carbocycles. The molecule has 0 bridgehead atoms. The summed E-state index contributed by atoms with van der Waals surface area (Å²) in [6.07, 6.45) is 5.15. The van der Waals surface area contributed by atoms with Crippen molar-refractivity contribution in [2.45, 2.75) is 44.7 Å². The summed E-state index contributed by atoms with van der Waals surface area (Å²) in [5.74, 6) is 0. The van der Waals surface area contributed by atoms with Crippen LogP contribution in [0.15, 0.2) is 0 Å². The quantitative estimate of drug-likeness (QED) is 0.774. The number of piperazine rings is 1. The van der Waals surface area contributed by atoms with E-state index in [0.29, 0.717) is 12.6 Å². The van der Waals surface area contributed by atoms with E-state index in [1.165, 1.54) is 45.4 Å². The van der Waals surface area contributed by atoms with Crippen molar-refractivity contribution in [3.63, 3.8) is 0 Å². The van der Waals surface area contributed by atoms with Crippen molar-refractivity contribution >= 4 is 0 Å². The summed E-state index contributed by atoms with van der Waals surface area (Å²) in [7, 11) is 2.27. The maximum absolute atomic E-state index is 9.36. The van der Waals surface area contributed by atoms with Gasteiger partial charge in [0, 0.05) is 38.3 Å². The molecule has 2 atom stereocenters. The van der Waals surface area contributed by atoms with Crippen molar-refractivity contribution in [2.75, 3.05) is 52.9 Å². The van der Waals surface area contributed by atoms with Gasteiger partial charge in [0.2, 0.25) is 0 Å². The Bertz CT molecular complexity index is 250. The van der Waals surface area contributed by atoms with Crippen molar-refractivity contribution < 1.29 is 5.11 Å². The third-order valence-electron chi connectivity index (χ3n) is 5.06. The first kappa shape index (κ1) is 15.2. The van der Waals surface area contributed by atoms with Crippen LogP contribution in [0.25, 0.3) is 0 Å². The van der Waals surface area contributed by atoms with E-state index in [0.717, 1.165) is 25.6 Å². The molecular formula is C15H31N3O. The summed E-state index contributed by atoms with van der Waals surface area (Å²) in [5.41, 5.74) is 0. The van der Waals surface area contributed by atoms with Crippen LogP contribution in [0.5, 0.6) is 0 Å². The van der Waals surface area contributed by atoms with E-state index >= 15 is 0 Å². The molecule has 0 radical (unpaired) electrons. The zero-order chi connectivity index (χ0) is 13.7. The molecule has 2 fully saturated rings. The van der Waals surface area contributed by atoms with Crippen LogP contribution in [-0.2, 0) is 0 Å². The monoisotopic (exact) mass is 269 g/mol. The molecule has 2 unspecified atom stereocenters. The lowest BCUT2D eigenvalue weighted by Gasteiger charge is -2.39. The highest BCUT2D eigenvalue weighted by Gasteiger charge is 2.24. The lowest BCUT2D eigenvalue weighted by atomic mass is 10.1. The Kier molecular flexibility index (Phi) is 6.07. The Morgan fingerprint density at radius 1 is 1.16 bits per heavy atom. The molecule has 19 heavy (non-hydrogen) atoms. The lowest BCUT2D eigenvalue weighted by molar-refractivity contribution is 0.0608. The molecule has 2 rings (SSSR count). The van der Waals surface area contributed by atoms with Gasteiger partial charge in [0.05, 0.1) is 6.61 Å². The number of hydrogen-bond donors (Lipinski definition) is 1. The minimum atomic E-state index is 0.309. The number of aliphatic hydroxyl groups is 1. The third-order valence-corrected chi connectivity index (χ3v) is 5.06. The Balaban J connectivity index is 1.66. The van der Waals surface area contributed by atoms with Crippen LogP contribution >= 0.6 is 0 Å². The maximum atomic E-state index is 9.36. The van der Waals surface area contributed by atoms with Gasteiger partial charge in [-0.1, -0.05) is 6.92 Å². The van der Waals surface area contributed by atoms with Crippen LogP contribution in [0, 0.1) is 0 Å². The molecule has 2 aliphatic heterocycles. The first-order valence-corrected chi connectivity index (χ1v) is 8.02. The Hall–Kier alpha value is -0.160. The number of likely N-dealkylation sites (tertiary alicyclic amines) is 1. The van der Waals surface area contributed by atoms with Crippen LogP contribution in [0.4, 0.5) is 0 Å². The summed E-state index contributed by atoms with van der Waals surface area (Å²) in [6.45, 7) is 9.61.